The Bertz CT molecular complexity index is 1950. The summed E-state index contributed by atoms with van der Waals surface area (Å²) < 4.78 is 5.11. The Morgan fingerprint density at radius 1 is 0.852 bits per heavy atom. The number of aromatic carboxylic acids is 1. The standard InChI is InChI=1S/C16H22N6OS.C10H15NO2S.C6H6O2S.C5H7NS/c1-9-6-13(24-8-9)21-15-10(14(18)23)7-19-16(22-15)20-12-5-3-2-4-11(12)17;1-7-5-8(14-6-7)11-9(12)13-10(2,3)4;1-4-2-5(6(7)8)9-3-4;1-4-2-5(6)7-3-4/h6-8,11-12H,2-5,17H2,1H3,(H2,18,23)(H2,19,20,21,22);5-6H,1-4H3,(H,11,12);2-3H,1H3,(H,7,8);2-3H,6H2,1H3/t11-,12+;;;/m0.../s1. The topological polar surface area (TPSA) is 221 Å². The number of hydrogen-bond acceptors (Lipinski definition) is 14. The monoisotopic (exact) mass is 814 g/mol. The molecule has 5 heterocycles. The number of aromatic nitrogens is 2. The van der Waals surface area contributed by atoms with Crippen molar-refractivity contribution in [2.24, 2.45) is 11.5 Å². The van der Waals surface area contributed by atoms with Gasteiger partial charge in [0.25, 0.3) is 5.91 Å². The molecule has 0 spiro atoms. The molecule has 1 fully saturated rings. The molecule has 1 aliphatic rings. The molecule has 292 valence electrons. The molecule has 1 aliphatic carbocycles. The first-order valence-electron chi connectivity index (χ1n) is 17.0. The number of aryl methyl sites for hydroxylation is 4. The minimum Gasteiger partial charge on any atom is -0.477 e. The van der Waals surface area contributed by atoms with Gasteiger partial charge in [-0.15, -0.1) is 45.3 Å². The number of carbonyl (C=O) groups excluding carboxylic acids is 2. The number of nitrogens with two attached hydrogens (primary N) is 3. The van der Waals surface area contributed by atoms with Crippen LogP contribution >= 0.6 is 45.3 Å². The molecule has 5 aromatic heterocycles. The first-order chi connectivity index (χ1) is 25.4. The Morgan fingerprint density at radius 2 is 1.43 bits per heavy atom. The zero-order valence-electron chi connectivity index (χ0n) is 31.5. The number of carbonyl (C=O) groups is 3. The first kappa shape index (κ1) is 43.9. The third kappa shape index (κ3) is 15.8. The zero-order valence-corrected chi connectivity index (χ0v) is 34.8. The SMILES string of the molecule is Cc1csc(C(=O)O)c1.Cc1csc(N)c1.Cc1csc(NC(=O)OC(C)(C)C)c1.Cc1csc(Nc2nc(N[C@@H]3CCCC[C@@H]3N)ncc2C(N)=O)c1. The number of hydrogen-bond donors (Lipinski definition) is 7. The fourth-order valence-electron chi connectivity index (χ4n) is 4.74. The van der Waals surface area contributed by atoms with Crippen molar-refractivity contribution in [2.45, 2.75) is 91.8 Å². The van der Waals surface area contributed by atoms with Gasteiger partial charge < -0.3 is 37.7 Å². The lowest BCUT2D eigenvalue weighted by Crippen LogP contribution is -2.43. The largest absolute Gasteiger partial charge is 0.477 e. The maximum Gasteiger partial charge on any atom is 0.412 e. The molecule has 5 aromatic rings. The fourth-order valence-corrected chi connectivity index (χ4v) is 7.69. The van der Waals surface area contributed by atoms with E-state index in [1.165, 1.54) is 34.4 Å². The van der Waals surface area contributed by atoms with E-state index in [0.29, 0.717) is 16.6 Å². The van der Waals surface area contributed by atoms with Gasteiger partial charge in [-0.2, -0.15) is 4.98 Å². The zero-order chi connectivity index (χ0) is 40.0. The van der Waals surface area contributed by atoms with Crippen LogP contribution < -0.4 is 33.2 Å². The van der Waals surface area contributed by atoms with Crippen LogP contribution in [0.5, 0.6) is 0 Å². The fraction of sp³-hybridized carbons (Fsp3) is 0.378. The molecule has 0 saturated heterocycles. The van der Waals surface area contributed by atoms with Gasteiger partial charge in [-0.3, -0.25) is 10.1 Å². The third-order valence-corrected chi connectivity index (χ3v) is 11.0. The lowest BCUT2D eigenvalue weighted by Gasteiger charge is -2.29. The van der Waals surface area contributed by atoms with Gasteiger partial charge in [-0.05, 0) is 129 Å². The van der Waals surface area contributed by atoms with E-state index in [0.717, 1.165) is 57.4 Å². The molecule has 0 aromatic carbocycles. The van der Waals surface area contributed by atoms with E-state index >= 15 is 0 Å². The van der Waals surface area contributed by atoms with Crippen molar-refractivity contribution in [3.05, 3.63) is 84.7 Å². The average Bonchev–Trinajstić information content (AvgIpc) is 3.88. The van der Waals surface area contributed by atoms with Crippen molar-refractivity contribution in [1.82, 2.24) is 9.97 Å². The van der Waals surface area contributed by atoms with Crippen LogP contribution in [0.1, 0.15) is 88.7 Å². The van der Waals surface area contributed by atoms with E-state index in [4.69, 9.17) is 27.0 Å². The molecule has 0 radical (unpaired) electrons. The number of carboxylic acid groups (broad SMARTS) is 1. The van der Waals surface area contributed by atoms with Gasteiger partial charge in [0, 0.05) is 18.3 Å². The van der Waals surface area contributed by atoms with Gasteiger partial charge in [-0.25, -0.2) is 14.6 Å². The van der Waals surface area contributed by atoms with E-state index in [1.54, 1.807) is 28.7 Å². The second-order valence-corrected chi connectivity index (χ2v) is 17.2. The average molecular weight is 815 g/mol. The van der Waals surface area contributed by atoms with Gasteiger partial charge in [0.2, 0.25) is 5.95 Å². The van der Waals surface area contributed by atoms with E-state index in [9.17, 15) is 14.4 Å². The number of anilines is 5. The summed E-state index contributed by atoms with van der Waals surface area (Å²) in [6, 6.07) is 7.76. The Labute approximate surface area is 332 Å². The molecule has 6 rings (SSSR count). The van der Waals surface area contributed by atoms with Crippen molar-refractivity contribution >= 4 is 90.1 Å². The summed E-state index contributed by atoms with van der Waals surface area (Å²) in [5.74, 6) is -0.538. The number of ether oxygens (including phenoxy) is 1. The third-order valence-electron chi connectivity index (χ3n) is 7.21. The summed E-state index contributed by atoms with van der Waals surface area (Å²) in [6.45, 7) is 13.4. The second kappa shape index (κ2) is 20.8. The smallest absolute Gasteiger partial charge is 0.412 e. The number of primary amides is 1. The maximum absolute atomic E-state index is 11.6. The molecular weight excluding hydrogens is 765 g/mol. The highest BCUT2D eigenvalue weighted by atomic mass is 32.1. The number of rotatable bonds is 7. The highest BCUT2D eigenvalue weighted by Gasteiger charge is 2.23. The Kier molecular flexibility index (Phi) is 16.9. The molecule has 0 bridgehead atoms. The van der Waals surface area contributed by atoms with Crippen LogP contribution in [-0.2, 0) is 4.74 Å². The van der Waals surface area contributed by atoms with Gasteiger partial charge in [0.15, 0.2) is 0 Å². The van der Waals surface area contributed by atoms with Crippen LogP contribution in [-0.4, -0.2) is 50.7 Å². The minimum absolute atomic E-state index is 0.0921. The molecule has 2 amide bonds. The molecule has 54 heavy (non-hydrogen) atoms. The van der Waals surface area contributed by atoms with Crippen molar-refractivity contribution in [3.63, 3.8) is 0 Å². The lowest BCUT2D eigenvalue weighted by atomic mass is 9.91. The number of nitrogen functional groups attached to an aromatic ring is 1. The predicted octanol–water partition coefficient (Wildman–Crippen LogP) is 9.17. The van der Waals surface area contributed by atoms with E-state index in [2.05, 4.69) is 25.9 Å². The van der Waals surface area contributed by atoms with Crippen LogP contribution in [0.2, 0.25) is 0 Å². The summed E-state index contributed by atoms with van der Waals surface area (Å²) >= 11 is 5.87. The van der Waals surface area contributed by atoms with Crippen LogP contribution in [0.4, 0.5) is 31.6 Å². The molecule has 0 unspecified atom stereocenters. The van der Waals surface area contributed by atoms with Crippen LogP contribution in [0.25, 0.3) is 0 Å². The number of thiophene rings is 4. The Morgan fingerprint density at radius 3 is 1.87 bits per heavy atom. The molecule has 17 heteroatoms. The van der Waals surface area contributed by atoms with Crippen LogP contribution in [0.3, 0.4) is 0 Å². The van der Waals surface area contributed by atoms with Gasteiger partial charge in [0.1, 0.15) is 21.9 Å². The van der Waals surface area contributed by atoms with Crippen LogP contribution in [0.15, 0.2) is 52.0 Å². The van der Waals surface area contributed by atoms with Crippen LogP contribution in [0, 0.1) is 27.7 Å². The van der Waals surface area contributed by atoms with Crippen molar-refractivity contribution in [1.29, 1.82) is 0 Å². The lowest BCUT2D eigenvalue weighted by molar-refractivity contribution is 0.0634. The Balaban J connectivity index is 0.000000219. The van der Waals surface area contributed by atoms with Crippen molar-refractivity contribution < 1.29 is 24.2 Å². The summed E-state index contributed by atoms with van der Waals surface area (Å²) in [5, 5.41) is 28.0. The molecule has 1 saturated carbocycles. The number of amides is 2. The summed E-state index contributed by atoms with van der Waals surface area (Å²) in [5.41, 5.74) is 21.4. The van der Waals surface area contributed by atoms with Gasteiger partial charge in [-0.1, -0.05) is 12.8 Å². The van der Waals surface area contributed by atoms with Gasteiger partial charge in [0.05, 0.1) is 15.0 Å². The molecule has 0 aliphatic heterocycles. The summed E-state index contributed by atoms with van der Waals surface area (Å²) in [4.78, 5) is 42.2. The second-order valence-electron chi connectivity index (χ2n) is 13.6. The van der Waals surface area contributed by atoms with Crippen molar-refractivity contribution in [2.75, 3.05) is 21.7 Å². The van der Waals surface area contributed by atoms with Gasteiger partial charge >= 0.3 is 12.1 Å². The van der Waals surface area contributed by atoms with E-state index < -0.39 is 23.6 Å². The molecular formula is C37H50N8O5S4. The summed E-state index contributed by atoms with van der Waals surface area (Å²) in [6.07, 6.45) is 5.34. The summed E-state index contributed by atoms with van der Waals surface area (Å²) in [7, 11) is 0. The molecule has 13 nitrogen and oxygen atoms in total. The normalized spacial score (nSPS) is 14.8. The quantitative estimate of drug-likeness (QED) is 0.0821. The highest BCUT2D eigenvalue weighted by molar-refractivity contribution is 7.15. The molecule has 10 N–H and O–H groups in total. The molecule has 2 atom stereocenters. The number of carboxylic acids is 1. The number of nitrogens with zero attached hydrogens (tertiary/aromatic N) is 2. The minimum atomic E-state index is -0.840. The van der Waals surface area contributed by atoms with E-state index in [-0.39, 0.29) is 17.6 Å². The predicted molar refractivity (Wildman–Crippen MR) is 225 cm³/mol. The highest BCUT2D eigenvalue weighted by Crippen LogP contribution is 2.27. The van der Waals surface area contributed by atoms with Crippen molar-refractivity contribution in [3.8, 4) is 0 Å². The number of nitrogens with one attached hydrogen (secondary N) is 3. The first-order valence-corrected chi connectivity index (χ1v) is 20.6. The maximum atomic E-state index is 11.6. The Hall–Kier alpha value is -4.55. The van der Waals surface area contributed by atoms with E-state index in [1.807, 2.05) is 88.2 Å².